The maximum atomic E-state index is 12.2. The van der Waals surface area contributed by atoms with Crippen LogP contribution in [0.15, 0.2) is 0 Å². The lowest BCUT2D eigenvalue weighted by atomic mass is 10.1. The van der Waals surface area contributed by atoms with E-state index < -0.39 is 0 Å². The second-order valence-electron chi connectivity index (χ2n) is 10.2. The highest BCUT2D eigenvalue weighted by molar-refractivity contribution is 5.84. The van der Waals surface area contributed by atoms with Crippen molar-refractivity contribution in [3.63, 3.8) is 0 Å². The molecule has 0 unspecified atom stereocenters. The summed E-state index contributed by atoms with van der Waals surface area (Å²) in [6.07, 6.45) is 15.2. The summed E-state index contributed by atoms with van der Waals surface area (Å²) < 4.78 is 0. The Labute approximate surface area is 226 Å². The molecule has 0 aromatic heterocycles. The van der Waals surface area contributed by atoms with Gasteiger partial charge in [0, 0.05) is 66.0 Å². The molecule has 0 atom stereocenters. The number of amides is 4. The van der Waals surface area contributed by atoms with E-state index >= 15 is 0 Å². The van der Waals surface area contributed by atoms with Gasteiger partial charge in [-0.25, -0.2) is 0 Å². The van der Waals surface area contributed by atoms with Crippen molar-refractivity contribution in [3.05, 3.63) is 0 Å². The standard InChI is InChI=1S/C29H56N4O4/c1-5-7-9-11-16-24-32(3)28(36)20-18-26(34)30-22-14-13-15-23-31-27(35)19-21-29(37)33(4)25-17-12-10-8-6-2/h5-25H2,1-4H3,(H,30,34)(H,31,35). The smallest absolute Gasteiger partial charge is 0.222 e. The van der Waals surface area contributed by atoms with Crippen LogP contribution in [0.3, 0.4) is 0 Å². The van der Waals surface area contributed by atoms with E-state index in [0.717, 1.165) is 58.0 Å². The lowest BCUT2D eigenvalue weighted by Crippen LogP contribution is -2.31. The van der Waals surface area contributed by atoms with Crippen LogP contribution < -0.4 is 10.6 Å². The molecule has 4 amide bonds. The largest absolute Gasteiger partial charge is 0.356 e. The molecular formula is C29H56N4O4. The molecule has 0 spiro atoms. The van der Waals surface area contributed by atoms with Gasteiger partial charge in [-0.1, -0.05) is 65.2 Å². The topological polar surface area (TPSA) is 98.8 Å². The van der Waals surface area contributed by atoms with E-state index in [1.54, 1.807) is 9.80 Å². The summed E-state index contributed by atoms with van der Waals surface area (Å²) in [7, 11) is 3.62. The number of hydrogen-bond acceptors (Lipinski definition) is 4. The zero-order valence-corrected chi connectivity index (χ0v) is 24.4. The van der Waals surface area contributed by atoms with Crippen LogP contribution in [0.25, 0.3) is 0 Å². The summed E-state index contributed by atoms with van der Waals surface area (Å²) in [6.45, 7) is 7.04. The van der Waals surface area contributed by atoms with Crippen LogP contribution in [0, 0.1) is 0 Å². The predicted molar refractivity (Wildman–Crippen MR) is 151 cm³/mol. The quantitative estimate of drug-likeness (QED) is 0.177. The zero-order chi connectivity index (χ0) is 27.7. The van der Waals surface area contributed by atoms with Crippen molar-refractivity contribution >= 4 is 23.6 Å². The molecule has 0 aliphatic rings. The molecule has 0 saturated heterocycles. The van der Waals surface area contributed by atoms with E-state index in [1.807, 2.05) is 14.1 Å². The Morgan fingerprint density at radius 1 is 0.486 bits per heavy atom. The second-order valence-corrected chi connectivity index (χ2v) is 10.2. The zero-order valence-electron chi connectivity index (χ0n) is 24.4. The molecule has 0 rings (SSSR count). The molecule has 0 aromatic rings. The van der Waals surface area contributed by atoms with Crippen molar-refractivity contribution in [2.45, 2.75) is 123 Å². The molecule has 37 heavy (non-hydrogen) atoms. The van der Waals surface area contributed by atoms with Gasteiger partial charge < -0.3 is 20.4 Å². The highest BCUT2D eigenvalue weighted by Gasteiger charge is 2.12. The van der Waals surface area contributed by atoms with Crippen LogP contribution in [0.4, 0.5) is 0 Å². The van der Waals surface area contributed by atoms with Gasteiger partial charge in [0.1, 0.15) is 0 Å². The molecule has 0 aromatic carbocycles. The summed E-state index contributed by atoms with van der Waals surface area (Å²) in [4.78, 5) is 51.7. The van der Waals surface area contributed by atoms with Crippen molar-refractivity contribution in [1.29, 1.82) is 0 Å². The van der Waals surface area contributed by atoms with Gasteiger partial charge in [0.2, 0.25) is 23.6 Å². The molecule has 0 heterocycles. The first-order valence-corrected chi connectivity index (χ1v) is 14.8. The van der Waals surface area contributed by atoms with Gasteiger partial charge in [-0.3, -0.25) is 19.2 Å². The van der Waals surface area contributed by atoms with Crippen molar-refractivity contribution in [1.82, 2.24) is 20.4 Å². The molecule has 8 nitrogen and oxygen atoms in total. The fourth-order valence-electron chi connectivity index (χ4n) is 4.04. The molecule has 0 aliphatic heterocycles. The summed E-state index contributed by atoms with van der Waals surface area (Å²) in [5.41, 5.74) is 0. The van der Waals surface area contributed by atoms with Gasteiger partial charge in [-0.2, -0.15) is 0 Å². The Morgan fingerprint density at radius 3 is 1.22 bits per heavy atom. The first-order chi connectivity index (χ1) is 17.8. The van der Waals surface area contributed by atoms with Gasteiger partial charge in [0.15, 0.2) is 0 Å². The molecule has 0 fully saturated rings. The van der Waals surface area contributed by atoms with Crippen LogP contribution >= 0.6 is 0 Å². The maximum absolute atomic E-state index is 12.2. The maximum Gasteiger partial charge on any atom is 0.222 e. The van der Waals surface area contributed by atoms with Crippen LogP contribution in [0.5, 0.6) is 0 Å². The molecular weight excluding hydrogens is 468 g/mol. The molecule has 0 radical (unpaired) electrons. The minimum Gasteiger partial charge on any atom is -0.356 e. The third-order valence-electron chi connectivity index (χ3n) is 6.68. The minimum absolute atomic E-state index is 0.0251. The van der Waals surface area contributed by atoms with Crippen molar-refractivity contribution in [2.24, 2.45) is 0 Å². The molecule has 0 saturated carbocycles. The fraction of sp³-hybridized carbons (Fsp3) is 0.862. The summed E-state index contributed by atoms with van der Waals surface area (Å²) in [5, 5.41) is 5.74. The third kappa shape index (κ3) is 21.7. The summed E-state index contributed by atoms with van der Waals surface area (Å²) in [6, 6.07) is 0. The Hall–Kier alpha value is -2.12. The van der Waals surface area contributed by atoms with Gasteiger partial charge in [-0.15, -0.1) is 0 Å². The number of hydrogen-bond donors (Lipinski definition) is 2. The molecule has 0 bridgehead atoms. The predicted octanol–water partition coefficient (Wildman–Crippen LogP) is 4.81. The SMILES string of the molecule is CCCCCCCN(C)C(=O)CCC(=O)NCCCCCNC(=O)CCC(=O)N(C)CCCCCCC. The lowest BCUT2D eigenvalue weighted by molar-refractivity contribution is -0.132. The lowest BCUT2D eigenvalue weighted by Gasteiger charge is -2.17. The molecule has 2 N–H and O–H groups in total. The molecule has 216 valence electrons. The minimum atomic E-state index is -0.0893. The van der Waals surface area contributed by atoms with Gasteiger partial charge in [0.05, 0.1) is 0 Å². The van der Waals surface area contributed by atoms with Crippen molar-refractivity contribution in [3.8, 4) is 0 Å². The molecule has 0 aliphatic carbocycles. The van der Waals surface area contributed by atoms with E-state index in [9.17, 15) is 19.2 Å². The Bertz CT molecular complexity index is 575. The first-order valence-electron chi connectivity index (χ1n) is 14.8. The highest BCUT2D eigenvalue weighted by Crippen LogP contribution is 2.06. The van der Waals surface area contributed by atoms with E-state index in [4.69, 9.17) is 0 Å². The monoisotopic (exact) mass is 524 g/mol. The Morgan fingerprint density at radius 2 is 0.838 bits per heavy atom. The average molecular weight is 525 g/mol. The van der Waals surface area contributed by atoms with E-state index in [-0.39, 0.29) is 49.3 Å². The second kappa shape index (κ2) is 24.2. The van der Waals surface area contributed by atoms with E-state index in [1.165, 1.54) is 38.5 Å². The van der Waals surface area contributed by atoms with Gasteiger partial charge in [-0.05, 0) is 32.1 Å². The third-order valence-corrected chi connectivity index (χ3v) is 6.68. The summed E-state index contributed by atoms with van der Waals surface area (Å²) in [5.74, 6) is -0.128. The van der Waals surface area contributed by atoms with Gasteiger partial charge in [0.25, 0.3) is 0 Å². The number of nitrogens with one attached hydrogen (secondary N) is 2. The normalized spacial score (nSPS) is 10.7. The van der Waals surface area contributed by atoms with Crippen LogP contribution in [-0.4, -0.2) is 73.7 Å². The fourth-order valence-corrected chi connectivity index (χ4v) is 4.04. The van der Waals surface area contributed by atoms with Crippen LogP contribution in [0.1, 0.15) is 123 Å². The average Bonchev–Trinajstić information content (AvgIpc) is 2.89. The number of rotatable bonds is 24. The first kappa shape index (κ1) is 34.9. The van der Waals surface area contributed by atoms with Crippen molar-refractivity contribution < 1.29 is 19.2 Å². The van der Waals surface area contributed by atoms with Gasteiger partial charge >= 0.3 is 0 Å². The molecule has 8 heteroatoms. The van der Waals surface area contributed by atoms with Crippen molar-refractivity contribution in [2.75, 3.05) is 40.3 Å². The van der Waals surface area contributed by atoms with E-state index in [2.05, 4.69) is 24.5 Å². The number of carbonyl (C=O) groups is 4. The Kier molecular flexibility index (Phi) is 22.8. The number of nitrogens with zero attached hydrogens (tertiary/aromatic N) is 2. The summed E-state index contributed by atoms with van der Waals surface area (Å²) >= 11 is 0. The number of unbranched alkanes of at least 4 members (excludes halogenated alkanes) is 10. The van der Waals surface area contributed by atoms with Crippen LogP contribution in [0.2, 0.25) is 0 Å². The van der Waals surface area contributed by atoms with E-state index in [0.29, 0.717) is 13.1 Å². The number of carbonyl (C=O) groups excluding carboxylic acids is 4. The van der Waals surface area contributed by atoms with Crippen LogP contribution in [-0.2, 0) is 19.2 Å². The Balaban J connectivity index is 3.67. The highest BCUT2D eigenvalue weighted by atomic mass is 16.2.